The summed E-state index contributed by atoms with van der Waals surface area (Å²) in [4.78, 5) is 4.62. The summed E-state index contributed by atoms with van der Waals surface area (Å²) in [5.74, 6) is 0.533. The first kappa shape index (κ1) is 16.3. The number of likely N-dealkylation sites (tertiary alicyclic amines) is 1. The third kappa shape index (κ3) is 4.48. The first-order valence-electron chi connectivity index (χ1n) is 8.06. The molecule has 6 heteroatoms. The van der Waals surface area contributed by atoms with Gasteiger partial charge < -0.3 is 9.80 Å². The van der Waals surface area contributed by atoms with Crippen molar-refractivity contribution in [1.29, 1.82) is 0 Å². The Kier molecular flexibility index (Phi) is 5.23. The summed E-state index contributed by atoms with van der Waals surface area (Å²) in [5, 5.41) is 10.6. The summed E-state index contributed by atoms with van der Waals surface area (Å²) in [5.41, 5.74) is 1.06. The molecule has 1 aliphatic rings. The van der Waals surface area contributed by atoms with Crippen LogP contribution in [0.3, 0.4) is 0 Å². The Balaban J connectivity index is 1.56. The predicted octanol–water partition coefficient (Wildman–Crippen LogP) is 3.05. The van der Waals surface area contributed by atoms with Gasteiger partial charge in [-0.15, -0.1) is 10.2 Å². The first-order chi connectivity index (χ1) is 11.1. The molecule has 0 spiro atoms. The second-order valence-electron chi connectivity index (χ2n) is 6.41. The van der Waals surface area contributed by atoms with Crippen LogP contribution in [0, 0.1) is 11.7 Å². The second kappa shape index (κ2) is 7.36. The molecule has 0 saturated carbocycles. The number of piperidine rings is 1. The molecule has 2 heterocycles. The van der Waals surface area contributed by atoms with Crippen LogP contribution in [0.25, 0.3) is 0 Å². The lowest BCUT2D eigenvalue weighted by molar-refractivity contribution is 0.222. The van der Waals surface area contributed by atoms with Crippen molar-refractivity contribution in [3.8, 4) is 0 Å². The van der Waals surface area contributed by atoms with Crippen LogP contribution in [0.5, 0.6) is 0 Å². The number of hydrogen-bond acceptors (Lipinski definition) is 5. The molecule has 0 amide bonds. The zero-order chi connectivity index (χ0) is 16.2. The maximum absolute atomic E-state index is 12.9. The molecule has 124 valence electrons. The fourth-order valence-electron chi connectivity index (χ4n) is 2.96. The van der Waals surface area contributed by atoms with Crippen molar-refractivity contribution >= 4 is 16.5 Å². The van der Waals surface area contributed by atoms with E-state index in [1.54, 1.807) is 23.5 Å². The summed E-state index contributed by atoms with van der Waals surface area (Å²) >= 11 is 1.63. The van der Waals surface area contributed by atoms with Crippen molar-refractivity contribution in [3.63, 3.8) is 0 Å². The number of aromatic nitrogens is 2. The molecule has 0 aliphatic carbocycles. The molecule has 23 heavy (non-hydrogen) atoms. The topological polar surface area (TPSA) is 32.3 Å². The van der Waals surface area contributed by atoms with Crippen molar-refractivity contribution in [2.24, 2.45) is 5.92 Å². The molecule has 3 rings (SSSR count). The molecule has 0 unspecified atom stereocenters. The standard InChI is InChI=1S/C17H23FN4S/c1-21-9-7-14(8-10-21)12-22(2)17-20-19-16(23-17)11-13-3-5-15(18)6-4-13/h3-6,14H,7-12H2,1-2H3. The number of rotatable bonds is 5. The summed E-state index contributed by atoms with van der Waals surface area (Å²) in [6, 6.07) is 6.59. The van der Waals surface area contributed by atoms with Crippen LogP contribution >= 0.6 is 11.3 Å². The minimum atomic E-state index is -0.204. The van der Waals surface area contributed by atoms with E-state index in [1.807, 2.05) is 0 Å². The third-order valence-corrected chi connectivity index (χ3v) is 5.46. The van der Waals surface area contributed by atoms with Gasteiger partial charge in [0.05, 0.1) is 0 Å². The largest absolute Gasteiger partial charge is 0.349 e. The monoisotopic (exact) mass is 334 g/mol. The van der Waals surface area contributed by atoms with Gasteiger partial charge in [-0.1, -0.05) is 23.5 Å². The highest BCUT2D eigenvalue weighted by Gasteiger charge is 2.19. The van der Waals surface area contributed by atoms with Crippen LogP contribution in [-0.4, -0.2) is 48.8 Å². The van der Waals surface area contributed by atoms with Crippen LogP contribution < -0.4 is 4.90 Å². The van der Waals surface area contributed by atoms with Crippen molar-refractivity contribution in [2.45, 2.75) is 19.3 Å². The maximum atomic E-state index is 12.9. The van der Waals surface area contributed by atoms with E-state index in [9.17, 15) is 4.39 Å². The van der Waals surface area contributed by atoms with Crippen molar-refractivity contribution in [1.82, 2.24) is 15.1 Å². The Morgan fingerprint density at radius 1 is 1.22 bits per heavy atom. The van der Waals surface area contributed by atoms with Gasteiger partial charge in [0.1, 0.15) is 10.8 Å². The van der Waals surface area contributed by atoms with Gasteiger partial charge in [0.15, 0.2) is 0 Å². The van der Waals surface area contributed by atoms with Crippen LogP contribution in [0.1, 0.15) is 23.4 Å². The van der Waals surface area contributed by atoms with Gasteiger partial charge in [-0.3, -0.25) is 0 Å². The summed E-state index contributed by atoms with van der Waals surface area (Å²) in [6.45, 7) is 3.41. The Labute approximate surface area is 141 Å². The molecule has 0 bridgehead atoms. The Hall–Kier alpha value is -1.53. The average Bonchev–Trinajstić information content (AvgIpc) is 3.00. The molecule has 1 saturated heterocycles. The SMILES string of the molecule is CN1CCC(CN(C)c2nnc(Cc3ccc(F)cc3)s2)CC1. The number of anilines is 1. The highest BCUT2D eigenvalue weighted by molar-refractivity contribution is 7.15. The highest BCUT2D eigenvalue weighted by atomic mass is 32.1. The molecule has 4 nitrogen and oxygen atoms in total. The number of halogens is 1. The van der Waals surface area contributed by atoms with E-state index in [0.717, 1.165) is 28.2 Å². The number of hydrogen-bond donors (Lipinski definition) is 0. The van der Waals surface area contributed by atoms with E-state index in [-0.39, 0.29) is 5.82 Å². The van der Waals surface area contributed by atoms with E-state index in [1.165, 1.54) is 38.1 Å². The lowest BCUT2D eigenvalue weighted by atomic mass is 9.97. The van der Waals surface area contributed by atoms with E-state index in [4.69, 9.17) is 0 Å². The summed E-state index contributed by atoms with van der Waals surface area (Å²) in [7, 11) is 4.28. The Bertz CT molecular complexity index is 620. The van der Waals surface area contributed by atoms with E-state index < -0.39 is 0 Å². The normalized spacial score (nSPS) is 16.7. The zero-order valence-electron chi connectivity index (χ0n) is 13.7. The highest BCUT2D eigenvalue weighted by Crippen LogP contribution is 2.24. The number of benzene rings is 1. The van der Waals surface area contributed by atoms with E-state index in [0.29, 0.717) is 6.42 Å². The van der Waals surface area contributed by atoms with Gasteiger partial charge in [0.2, 0.25) is 5.13 Å². The molecule has 0 radical (unpaired) electrons. The van der Waals surface area contributed by atoms with Gasteiger partial charge in [-0.2, -0.15) is 0 Å². The van der Waals surface area contributed by atoms with Gasteiger partial charge in [0.25, 0.3) is 0 Å². The molecule has 1 fully saturated rings. The number of nitrogens with zero attached hydrogens (tertiary/aromatic N) is 4. The van der Waals surface area contributed by atoms with Gasteiger partial charge in [-0.25, -0.2) is 4.39 Å². The van der Waals surface area contributed by atoms with Crippen LogP contribution in [0.2, 0.25) is 0 Å². The van der Waals surface area contributed by atoms with E-state index in [2.05, 4.69) is 34.1 Å². The zero-order valence-corrected chi connectivity index (χ0v) is 14.5. The summed E-state index contributed by atoms with van der Waals surface area (Å²) < 4.78 is 12.9. The summed E-state index contributed by atoms with van der Waals surface area (Å²) in [6.07, 6.45) is 3.21. The quantitative estimate of drug-likeness (QED) is 0.841. The molecular formula is C17H23FN4S. The molecule has 0 atom stereocenters. The minimum absolute atomic E-state index is 0.204. The Morgan fingerprint density at radius 2 is 1.91 bits per heavy atom. The molecule has 0 N–H and O–H groups in total. The van der Waals surface area contributed by atoms with Gasteiger partial charge in [-0.05, 0) is 56.6 Å². The smallest absolute Gasteiger partial charge is 0.208 e. The van der Waals surface area contributed by atoms with Gasteiger partial charge in [0, 0.05) is 20.0 Å². The minimum Gasteiger partial charge on any atom is -0.349 e. The first-order valence-corrected chi connectivity index (χ1v) is 8.88. The van der Waals surface area contributed by atoms with Gasteiger partial charge >= 0.3 is 0 Å². The Morgan fingerprint density at radius 3 is 2.61 bits per heavy atom. The second-order valence-corrected chi connectivity index (χ2v) is 7.45. The van der Waals surface area contributed by atoms with Crippen LogP contribution in [0.15, 0.2) is 24.3 Å². The molecule has 1 aliphatic heterocycles. The molecule has 1 aromatic carbocycles. The fraction of sp³-hybridized carbons (Fsp3) is 0.529. The lowest BCUT2D eigenvalue weighted by Gasteiger charge is -2.31. The van der Waals surface area contributed by atoms with Crippen molar-refractivity contribution in [2.75, 3.05) is 38.6 Å². The van der Waals surface area contributed by atoms with Crippen LogP contribution in [0.4, 0.5) is 9.52 Å². The van der Waals surface area contributed by atoms with Crippen molar-refractivity contribution in [3.05, 3.63) is 40.7 Å². The van der Waals surface area contributed by atoms with E-state index >= 15 is 0 Å². The lowest BCUT2D eigenvalue weighted by Crippen LogP contribution is -2.35. The predicted molar refractivity (Wildman–Crippen MR) is 92.6 cm³/mol. The maximum Gasteiger partial charge on any atom is 0.208 e. The average molecular weight is 334 g/mol. The van der Waals surface area contributed by atoms with Crippen molar-refractivity contribution < 1.29 is 4.39 Å². The molecule has 1 aromatic heterocycles. The molecule has 2 aromatic rings. The fourth-order valence-corrected chi connectivity index (χ4v) is 3.80. The molecular weight excluding hydrogens is 311 g/mol. The van der Waals surface area contributed by atoms with Crippen LogP contribution in [-0.2, 0) is 6.42 Å². The third-order valence-electron chi connectivity index (χ3n) is 4.42.